The molecule has 2 N–H and O–H groups in total. The number of carbonyl (C=O) groups is 2. The molecule has 0 spiro atoms. The van der Waals surface area contributed by atoms with E-state index in [-0.39, 0.29) is 45.2 Å². The van der Waals surface area contributed by atoms with Crippen LogP contribution in [0.1, 0.15) is 23.0 Å². The van der Waals surface area contributed by atoms with Crippen molar-refractivity contribution in [3.05, 3.63) is 35.8 Å². The highest BCUT2D eigenvalue weighted by Gasteiger charge is 2.33. The number of nitrogens with one attached hydrogen (secondary N) is 2. The van der Waals surface area contributed by atoms with Gasteiger partial charge in [-0.15, -0.1) is 0 Å². The van der Waals surface area contributed by atoms with Crippen LogP contribution in [0.25, 0.3) is 10.9 Å². The van der Waals surface area contributed by atoms with E-state index in [1.54, 1.807) is 19.1 Å². The third-order valence-corrected chi connectivity index (χ3v) is 10.2. The SMILES string of the molecule is COC(=O)Nc1nc(C)c(S(=O)(=O)N2CCN(C[C@H](C)Nc3ncnc4c(C(=O)N(C)CC(F)(F)F)cccc34)CC2)s1. The molecule has 1 aromatic carbocycles. The minimum Gasteiger partial charge on any atom is -0.453 e. The van der Waals surface area contributed by atoms with Gasteiger partial charge in [-0.2, -0.15) is 17.5 Å². The van der Waals surface area contributed by atoms with Crippen LogP contribution in [-0.2, 0) is 14.8 Å². The number of hydrogen-bond donors (Lipinski definition) is 2. The number of anilines is 2. The largest absolute Gasteiger partial charge is 0.453 e. The summed E-state index contributed by atoms with van der Waals surface area (Å²) in [6.07, 6.45) is -4.03. The fourth-order valence-electron chi connectivity index (χ4n) is 4.67. The maximum atomic E-state index is 13.3. The molecule has 1 saturated heterocycles. The van der Waals surface area contributed by atoms with Crippen LogP contribution in [0.3, 0.4) is 0 Å². The first-order valence-corrected chi connectivity index (χ1v) is 15.3. The number of rotatable bonds is 9. The number of benzene rings is 1. The second-order valence-electron chi connectivity index (χ2n) is 9.96. The number of methoxy groups -OCH3 is 1. The van der Waals surface area contributed by atoms with E-state index in [9.17, 15) is 31.2 Å². The van der Waals surface area contributed by atoms with Crippen LogP contribution in [0.4, 0.5) is 28.9 Å². The molecule has 0 aliphatic carbocycles. The van der Waals surface area contributed by atoms with Gasteiger partial charge in [0.2, 0.25) is 0 Å². The summed E-state index contributed by atoms with van der Waals surface area (Å²) in [6.45, 7) is 4.06. The summed E-state index contributed by atoms with van der Waals surface area (Å²) in [5.41, 5.74) is 0.544. The Labute approximate surface area is 250 Å². The normalized spacial score (nSPS) is 15.7. The predicted molar refractivity (Wildman–Crippen MR) is 154 cm³/mol. The number of para-hydroxylation sites is 1. The van der Waals surface area contributed by atoms with Crippen LogP contribution in [-0.4, -0.2) is 115 Å². The summed E-state index contributed by atoms with van der Waals surface area (Å²) in [5.74, 6) is -0.387. The van der Waals surface area contributed by atoms with Gasteiger partial charge in [-0.25, -0.2) is 28.2 Å². The third kappa shape index (κ3) is 7.67. The summed E-state index contributed by atoms with van der Waals surface area (Å²) < 4.78 is 71.0. The Hall–Kier alpha value is -3.61. The highest BCUT2D eigenvalue weighted by Crippen LogP contribution is 2.31. The number of alkyl halides is 3. The predicted octanol–water partition coefficient (Wildman–Crippen LogP) is 3.01. The van der Waals surface area contributed by atoms with E-state index in [0.29, 0.717) is 35.7 Å². The van der Waals surface area contributed by atoms with E-state index in [0.717, 1.165) is 18.4 Å². The van der Waals surface area contributed by atoms with Crippen molar-refractivity contribution >= 4 is 55.2 Å². The molecule has 43 heavy (non-hydrogen) atoms. The lowest BCUT2D eigenvalue weighted by molar-refractivity contribution is -0.138. The van der Waals surface area contributed by atoms with Gasteiger partial charge in [-0.05, 0) is 26.0 Å². The maximum Gasteiger partial charge on any atom is 0.413 e. The number of ether oxygens (including phenoxy) is 1. The molecular weight excluding hydrogens is 613 g/mol. The van der Waals surface area contributed by atoms with Crippen LogP contribution < -0.4 is 10.6 Å². The molecule has 1 atom stereocenters. The number of nitrogens with zero attached hydrogens (tertiary/aromatic N) is 6. The molecular formula is C25H31F3N8O5S2. The van der Waals surface area contributed by atoms with Gasteiger partial charge in [-0.1, -0.05) is 17.4 Å². The van der Waals surface area contributed by atoms with Crippen molar-refractivity contribution in [3.8, 4) is 0 Å². The third-order valence-electron chi connectivity index (χ3n) is 6.63. The number of halogens is 3. The molecule has 3 heterocycles. The fraction of sp³-hybridized carbons (Fsp3) is 0.480. The topological polar surface area (TPSA) is 150 Å². The van der Waals surface area contributed by atoms with Crippen molar-refractivity contribution in [2.24, 2.45) is 0 Å². The van der Waals surface area contributed by atoms with Crippen molar-refractivity contribution in [2.45, 2.75) is 30.3 Å². The van der Waals surface area contributed by atoms with E-state index < -0.39 is 34.7 Å². The number of aromatic nitrogens is 3. The first-order chi connectivity index (χ1) is 20.2. The van der Waals surface area contributed by atoms with Gasteiger partial charge in [0.1, 0.15) is 18.7 Å². The molecule has 1 aliphatic rings. The molecule has 2 amide bonds. The molecule has 0 radical (unpaired) electrons. The smallest absolute Gasteiger partial charge is 0.413 e. The standard InChI is InChI=1S/C25H31F3N8O5S2/c1-15(31-20-17-6-5-7-18(19(17)29-14-30-20)21(37)34(3)13-25(26,27)28)12-35-8-10-36(11-9-35)43(39,40)22-16(2)32-23(42-22)33-24(38)41-4/h5-7,14-15H,8-13H2,1-4H3,(H,29,30,31)(H,32,33,38)/t15-/m0/s1. The first-order valence-electron chi connectivity index (χ1n) is 13.1. The van der Waals surface area contributed by atoms with Crippen molar-refractivity contribution < 1.29 is 35.9 Å². The second kappa shape index (κ2) is 12.9. The first kappa shape index (κ1) is 32.3. The minimum atomic E-state index is -4.53. The summed E-state index contributed by atoms with van der Waals surface area (Å²) in [7, 11) is -1.54. The molecule has 3 aromatic rings. The van der Waals surface area contributed by atoms with Crippen LogP contribution in [0.5, 0.6) is 0 Å². The number of aryl methyl sites for hydroxylation is 1. The van der Waals surface area contributed by atoms with Crippen molar-refractivity contribution in [2.75, 3.05) is 64.1 Å². The van der Waals surface area contributed by atoms with Gasteiger partial charge in [0, 0.05) is 51.2 Å². The highest BCUT2D eigenvalue weighted by atomic mass is 32.2. The lowest BCUT2D eigenvalue weighted by Gasteiger charge is -2.35. The Balaban J connectivity index is 1.39. The Bertz CT molecular complexity index is 1590. The number of fused-ring (bicyclic) bond motifs is 1. The quantitative estimate of drug-likeness (QED) is 0.356. The molecule has 0 saturated carbocycles. The maximum absolute atomic E-state index is 13.3. The number of thiazole rings is 1. The van der Waals surface area contributed by atoms with Gasteiger partial charge in [0.15, 0.2) is 9.34 Å². The fourth-order valence-corrected chi connectivity index (χ4v) is 7.63. The van der Waals surface area contributed by atoms with Crippen LogP contribution in [0.2, 0.25) is 0 Å². The lowest BCUT2D eigenvalue weighted by atomic mass is 10.1. The Morgan fingerprint density at radius 2 is 1.88 bits per heavy atom. The Morgan fingerprint density at radius 3 is 2.53 bits per heavy atom. The van der Waals surface area contributed by atoms with Gasteiger partial charge >= 0.3 is 12.3 Å². The van der Waals surface area contributed by atoms with E-state index in [1.807, 2.05) is 6.92 Å². The molecule has 0 bridgehead atoms. The van der Waals surface area contributed by atoms with Crippen molar-refractivity contribution in [1.82, 2.24) is 29.1 Å². The van der Waals surface area contributed by atoms with Crippen LogP contribution in [0.15, 0.2) is 28.7 Å². The summed E-state index contributed by atoms with van der Waals surface area (Å²) in [6, 6.07) is 4.51. The van der Waals surface area contributed by atoms with Crippen molar-refractivity contribution in [3.63, 3.8) is 0 Å². The zero-order valence-corrected chi connectivity index (χ0v) is 25.4. The molecule has 1 aliphatic heterocycles. The summed E-state index contributed by atoms with van der Waals surface area (Å²) >= 11 is 0.862. The average molecular weight is 645 g/mol. The minimum absolute atomic E-state index is 0.0315. The lowest BCUT2D eigenvalue weighted by Crippen LogP contribution is -2.50. The van der Waals surface area contributed by atoms with Gasteiger partial charge in [0.05, 0.1) is 23.9 Å². The number of carbonyl (C=O) groups excluding carboxylic acids is 2. The molecule has 234 valence electrons. The monoisotopic (exact) mass is 644 g/mol. The molecule has 2 aromatic heterocycles. The molecule has 13 nitrogen and oxygen atoms in total. The Kier molecular flexibility index (Phi) is 9.73. The molecule has 18 heteroatoms. The molecule has 4 rings (SSSR count). The molecule has 1 fully saturated rings. The van der Waals surface area contributed by atoms with Gasteiger partial charge < -0.3 is 15.0 Å². The molecule has 0 unspecified atom stereocenters. The van der Waals surface area contributed by atoms with E-state index >= 15 is 0 Å². The Morgan fingerprint density at radius 1 is 1.19 bits per heavy atom. The highest BCUT2D eigenvalue weighted by molar-refractivity contribution is 7.91. The number of sulfonamides is 1. The van der Waals surface area contributed by atoms with Gasteiger partial charge in [0.25, 0.3) is 15.9 Å². The zero-order chi connectivity index (χ0) is 31.5. The van der Waals surface area contributed by atoms with Gasteiger partial charge in [-0.3, -0.25) is 15.0 Å². The van der Waals surface area contributed by atoms with Crippen LogP contribution in [0, 0.1) is 6.92 Å². The number of amides is 2. The second-order valence-corrected chi connectivity index (χ2v) is 13.1. The average Bonchev–Trinajstić information content (AvgIpc) is 3.32. The number of hydrogen-bond acceptors (Lipinski definition) is 11. The number of piperazine rings is 1. The van der Waals surface area contributed by atoms with E-state index in [2.05, 4.69) is 35.2 Å². The summed E-state index contributed by atoms with van der Waals surface area (Å²) in [4.78, 5) is 39.5. The van der Waals surface area contributed by atoms with E-state index in [4.69, 9.17) is 0 Å². The summed E-state index contributed by atoms with van der Waals surface area (Å²) in [5, 5.41) is 6.28. The zero-order valence-electron chi connectivity index (χ0n) is 23.8. The van der Waals surface area contributed by atoms with E-state index in [1.165, 1.54) is 23.8 Å². The van der Waals surface area contributed by atoms with Crippen molar-refractivity contribution in [1.29, 1.82) is 0 Å². The van der Waals surface area contributed by atoms with Crippen LogP contribution >= 0.6 is 11.3 Å².